The SMILES string of the molecule is NC(C(=O)O)C(N)(CC(=O)O)C(=O)O. The Labute approximate surface area is 78.1 Å². The van der Waals surface area contributed by atoms with Crippen LogP contribution in [0.3, 0.4) is 0 Å². The van der Waals surface area contributed by atoms with Gasteiger partial charge in [-0.05, 0) is 0 Å². The summed E-state index contributed by atoms with van der Waals surface area (Å²) in [6, 6.07) is -1.98. The van der Waals surface area contributed by atoms with Crippen molar-refractivity contribution in [2.45, 2.75) is 18.0 Å². The number of carbonyl (C=O) groups is 3. The van der Waals surface area contributed by atoms with E-state index >= 15 is 0 Å². The maximum Gasteiger partial charge on any atom is 0.326 e. The second-order valence-corrected chi connectivity index (χ2v) is 2.73. The Hall–Kier alpha value is -1.67. The zero-order valence-electron chi connectivity index (χ0n) is 7.01. The van der Waals surface area contributed by atoms with Gasteiger partial charge in [0, 0.05) is 0 Å². The first-order valence-corrected chi connectivity index (χ1v) is 3.44. The molecule has 2 atom stereocenters. The van der Waals surface area contributed by atoms with E-state index in [-0.39, 0.29) is 0 Å². The van der Waals surface area contributed by atoms with E-state index < -0.39 is 35.9 Å². The largest absolute Gasteiger partial charge is 0.481 e. The van der Waals surface area contributed by atoms with Crippen molar-refractivity contribution < 1.29 is 29.7 Å². The number of hydrogen-bond acceptors (Lipinski definition) is 5. The van der Waals surface area contributed by atoms with Gasteiger partial charge < -0.3 is 26.8 Å². The highest BCUT2D eigenvalue weighted by Crippen LogP contribution is 2.11. The molecule has 0 aliphatic carbocycles. The van der Waals surface area contributed by atoms with Gasteiger partial charge in [0.25, 0.3) is 0 Å². The molecular formula is C6H10N2O6. The smallest absolute Gasteiger partial charge is 0.326 e. The van der Waals surface area contributed by atoms with Crippen LogP contribution in [-0.2, 0) is 14.4 Å². The van der Waals surface area contributed by atoms with Gasteiger partial charge in [0.05, 0.1) is 6.42 Å². The Balaban J connectivity index is 4.99. The van der Waals surface area contributed by atoms with Crippen LogP contribution in [0.1, 0.15) is 6.42 Å². The number of carboxylic acids is 3. The molecule has 0 bridgehead atoms. The number of carboxylic acid groups (broad SMARTS) is 3. The molecule has 8 nitrogen and oxygen atoms in total. The van der Waals surface area contributed by atoms with Crippen LogP contribution in [0.25, 0.3) is 0 Å². The predicted molar refractivity (Wildman–Crippen MR) is 42.4 cm³/mol. The number of nitrogens with two attached hydrogens (primary N) is 2. The van der Waals surface area contributed by atoms with E-state index in [1.165, 1.54) is 0 Å². The van der Waals surface area contributed by atoms with E-state index in [9.17, 15) is 14.4 Å². The van der Waals surface area contributed by atoms with Crippen LogP contribution in [0.2, 0.25) is 0 Å². The molecule has 0 fully saturated rings. The van der Waals surface area contributed by atoms with Crippen molar-refractivity contribution in [3.8, 4) is 0 Å². The first kappa shape index (κ1) is 12.3. The van der Waals surface area contributed by atoms with E-state index in [4.69, 9.17) is 26.8 Å². The Bertz CT molecular complexity index is 277. The summed E-state index contributed by atoms with van der Waals surface area (Å²) in [5.74, 6) is -4.97. The standard InChI is InChI=1S/C6H10N2O6/c7-3(4(11)12)6(8,5(13)14)1-2(9)10/h3H,1,7-8H2,(H,9,10)(H,11,12)(H,13,14). The van der Waals surface area contributed by atoms with Crippen molar-refractivity contribution in [3.05, 3.63) is 0 Å². The van der Waals surface area contributed by atoms with E-state index in [1.54, 1.807) is 0 Å². The van der Waals surface area contributed by atoms with Crippen LogP contribution in [0.5, 0.6) is 0 Å². The maximum atomic E-state index is 10.6. The summed E-state index contributed by atoms with van der Waals surface area (Å²) in [5, 5.41) is 25.3. The molecule has 8 heteroatoms. The molecule has 80 valence electrons. The number of aliphatic carboxylic acids is 3. The molecule has 0 saturated heterocycles. The average molecular weight is 206 g/mol. The van der Waals surface area contributed by atoms with Gasteiger partial charge in [0.1, 0.15) is 6.04 Å². The normalized spacial score (nSPS) is 16.7. The fourth-order valence-corrected chi connectivity index (χ4v) is 0.789. The molecule has 0 spiro atoms. The molecule has 0 aromatic heterocycles. The van der Waals surface area contributed by atoms with Gasteiger partial charge in [0.2, 0.25) is 0 Å². The molecule has 0 radical (unpaired) electrons. The lowest BCUT2D eigenvalue weighted by molar-refractivity contribution is -0.155. The van der Waals surface area contributed by atoms with Crippen molar-refractivity contribution in [2.75, 3.05) is 0 Å². The average Bonchev–Trinajstić information content (AvgIpc) is 2.00. The third-order valence-corrected chi connectivity index (χ3v) is 1.66. The molecule has 0 saturated carbocycles. The van der Waals surface area contributed by atoms with Crippen LogP contribution < -0.4 is 11.5 Å². The second kappa shape index (κ2) is 4.03. The Kier molecular flexibility index (Phi) is 3.55. The fraction of sp³-hybridized carbons (Fsp3) is 0.500. The van der Waals surface area contributed by atoms with Crippen molar-refractivity contribution in [2.24, 2.45) is 11.5 Å². The van der Waals surface area contributed by atoms with Gasteiger partial charge in [-0.25, -0.2) is 0 Å². The summed E-state index contributed by atoms with van der Waals surface area (Å²) in [4.78, 5) is 31.2. The quantitative estimate of drug-likeness (QED) is 0.333. The minimum atomic E-state index is -2.50. The summed E-state index contributed by atoms with van der Waals surface area (Å²) in [6.45, 7) is 0. The summed E-state index contributed by atoms with van der Waals surface area (Å²) in [7, 11) is 0. The molecule has 0 amide bonds. The van der Waals surface area contributed by atoms with Gasteiger partial charge in [-0.15, -0.1) is 0 Å². The maximum absolute atomic E-state index is 10.6. The molecule has 2 unspecified atom stereocenters. The monoisotopic (exact) mass is 206 g/mol. The molecule has 0 heterocycles. The highest BCUT2D eigenvalue weighted by atomic mass is 16.4. The summed E-state index contributed by atoms with van der Waals surface area (Å²) in [6.07, 6.45) is -1.06. The molecule has 7 N–H and O–H groups in total. The minimum Gasteiger partial charge on any atom is -0.481 e. The highest BCUT2D eigenvalue weighted by Gasteiger charge is 2.46. The minimum absolute atomic E-state index is 1.06. The summed E-state index contributed by atoms with van der Waals surface area (Å²) in [5.41, 5.74) is 7.57. The van der Waals surface area contributed by atoms with E-state index in [1.807, 2.05) is 0 Å². The molecule has 0 aliphatic rings. The number of rotatable bonds is 5. The molecule has 0 aliphatic heterocycles. The van der Waals surface area contributed by atoms with Crippen molar-refractivity contribution in [1.82, 2.24) is 0 Å². The topological polar surface area (TPSA) is 164 Å². The lowest BCUT2D eigenvalue weighted by atomic mass is 9.88. The van der Waals surface area contributed by atoms with Gasteiger partial charge in [-0.2, -0.15) is 0 Å². The van der Waals surface area contributed by atoms with Gasteiger partial charge in [-0.3, -0.25) is 14.4 Å². The highest BCUT2D eigenvalue weighted by molar-refractivity contribution is 5.92. The van der Waals surface area contributed by atoms with Gasteiger partial charge in [0.15, 0.2) is 5.54 Å². The van der Waals surface area contributed by atoms with E-state index in [0.717, 1.165) is 0 Å². The molecule has 0 rings (SSSR count). The second-order valence-electron chi connectivity index (χ2n) is 2.73. The van der Waals surface area contributed by atoms with Crippen molar-refractivity contribution in [1.29, 1.82) is 0 Å². The first-order chi connectivity index (χ1) is 6.21. The zero-order valence-corrected chi connectivity index (χ0v) is 7.01. The molecular weight excluding hydrogens is 196 g/mol. The van der Waals surface area contributed by atoms with Crippen molar-refractivity contribution >= 4 is 17.9 Å². The zero-order chi connectivity index (χ0) is 11.5. The number of hydrogen-bond donors (Lipinski definition) is 5. The van der Waals surface area contributed by atoms with Gasteiger partial charge in [-0.1, -0.05) is 0 Å². The fourth-order valence-electron chi connectivity index (χ4n) is 0.789. The van der Waals surface area contributed by atoms with Crippen LogP contribution in [0.4, 0.5) is 0 Å². The summed E-state index contributed by atoms with van der Waals surface area (Å²) < 4.78 is 0. The Morgan fingerprint density at radius 2 is 1.64 bits per heavy atom. The molecule has 0 aromatic rings. The lowest BCUT2D eigenvalue weighted by Gasteiger charge is -2.26. The third-order valence-electron chi connectivity index (χ3n) is 1.66. The van der Waals surface area contributed by atoms with Crippen LogP contribution >= 0.6 is 0 Å². The van der Waals surface area contributed by atoms with E-state index in [2.05, 4.69) is 0 Å². The summed E-state index contributed by atoms with van der Waals surface area (Å²) >= 11 is 0. The van der Waals surface area contributed by atoms with Crippen LogP contribution in [-0.4, -0.2) is 44.8 Å². The molecule has 14 heavy (non-hydrogen) atoms. The van der Waals surface area contributed by atoms with Crippen LogP contribution in [0.15, 0.2) is 0 Å². The van der Waals surface area contributed by atoms with Crippen LogP contribution in [0, 0.1) is 0 Å². The van der Waals surface area contributed by atoms with Crippen molar-refractivity contribution in [3.63, 3.8) is 0 Å². The predicted octanol–water partition coefficient (Wildman–Crippen LogP) is -2.34. The van der Waals surface area contributed by atoms with E-state index in [0.29, 0.717) is 0 Å². The lowest BCUT2D eigenvalue weighted by Crippen LogP contribution is -2.64. The third kappa shape index (κ3) is 2.41. The first-order valence-electron chi connectivity index (χ1n) is 3.44. The Morgan fingerprint density at radius 3 is 1.86 bits per heavy atom. The van der Waals surface area contributed by atoms with Gasteiger partial charge >= 0.3 is 17.9 Å². The molecule has 0 aromatic carbocycles. The Morgan fingerprint density at radius 1 is 1.21 bits per heavy atom.